The summed E-state index contributed by atoms with van der Waals surface area (Å²) in [5.41, 5.74) is 2.28. The molecule has 2 aromatic rings. The predicted molar refractivity (Wildman–Crippen MR) is 86.1 cm³/mol. The standard InChI is InChI=1S/C17H25N3/c1-17(2,20(4)5)16(18-3)12-14-11-10-13-8-6-7-9-15(13)19-14/h6-11,16,18H,12H2,1-5H3. The summed E-state index contributed by atoms with van der Waals surface area (Å²) in [5.74, 6) is 0. The highest BCUT2D eigenvalue weighted by atomic mass is 15.2. The smallest absolute Gasteiger partial charge is 0.0705 e. The van der Waals surface area contributed by atoms with Crippen LogP contribution >= 0.6 is 0 Å². The van der Waals surface area contributed by atoms with Crippen LogP contribution in [-0.4, -0.2) is 42.6 Å². The lowest BCUT2D eigenvalue weighted by Crippen LogP contribution is -2.55. The van der Waals surface area contributed by atoms with Gasteiger partial charge in [0.2, 0.25) is 0 Å². The summed E-state index contributed by atoms with van der Waals surface area (Å²) in [5, 5.41) is 4.64. The van der Waals surface area contributed by atoms with E-state index in [4.69, 9.17) is 4.98 Å². The second-order valence-electron chi connectivity index (χ2n) is 6.09. The largest absolute Gasteiger partial charge is 0.315 e. The van der Waals surface area contributed by atoms with Gasteiger partial charge in [0.05, 0.1) is 5.52 Å². The maximum absolute atomic E-state index is 4.78. The number of rotatable bonds is 5. The highest BCUT2D eigenvalue weighted by molar-refractivity contribution is 5.78. The maximum atomic E-state index is 4.78. The van der Waals surface area contributed by atoms with Crippen molar-refractivity contribution in [2.75, 3.05) is 21.1 Å². The van der Waals surface area contributed by atoms with E-state index in [-0.39, 0.29) is 5.54 Å². The van der Waals surface area contributed by atoms with Crippen molar-refractivity contribution in [3.8, 4) is 0 Å². The first-order valence-corrected chi connectivity index (χ1v) is 7.14. The molecule has 0 fully saturated rings. The average molecular weight is 271 g/mol. The van der Waals surface area contributed by atoms with E-state index in [0.717, 1.165) is 17.6 Å². The molecule has 1 unspecified atom stereocenters. The Morgan fingerprint density at radius 3 is 2.50 bits per heavy atom. The van der Waals surface area contributed by atoms with Gasteiger partial charge in [0.15, 0.2) is 0 Å². The van der Waals surface area contributed by atoms with Crippen molar-refractivity contribution in [1.82, 2.24) is 15.2 Å². The van der Waals surface area contributed by atoms with Crippen molar-refractivity contribution >= 4 is 10.9 Å². The zero-order chi connectivity index (χ0) is 14.8. The van der Waals surface area contributed by atoms with Crippen LogP contribution in [0.2, 0.25) is 0 Å². The Morgan fingerprint density at radius 1 is 1.15 bits per heavy atom. The van der Waals surface area contributed by atoms with Gasteiger partial charge in [0.1, 0.15) is 0 Å². The van der Waals surface area contributed by atoms with Gasteiger partial charge < -0.3 is 10.2 Å². The minimum atomic E-state index is 0.0715. The molecule has 0 saturated heterocycles. The van der Waals surface area contributed by atoms with E-state index in [9.17, 15) is 0 Å². The molecule has 1 atom stereocenters. The van der Waals surface area contributed by atoms with Gasteiger partial charge in [-0.2, -0.15) is 0 Å². The Balaban J connectivity index is 2.25. The molecule has 0 saturated carbocycles. The quantitative estimate of drug-likeness (QED) is 0.906. The van der Waals surface area contributed by atoms with Crippen LogP contribution in [0.3, 0.4) is 0 Å². The van der Waals surface area contributed by atoms with E-state index in [1.54, 1.807) is 0 Å². The molecule has 108 valence electrons. The summed E-state index contributed by atoms with van der Waals surface area (Å²) in [6, 6.07) is 12.9. The SMILES string of the molecule is CNC(Cc1ccc2ccccc2n1)C(C)(C)N(C)C. The van der Waals surface area contributed by atoms with Gasteiger partial charge in [-0.1, -0.05) is 24.3 Å². The Hall–Kier alpha value is -1.45. The molecule has 20 heavy (non-hydrogen) atoms. The molecule has 3 heteroatoms. The first-order chi connectivity index (χ1) is 9.45. The van der Waals surface area contributed by atoms with Crippen LogP contribution in [0.1, 0.15) is 19.5 Å². The van der Waals surface area contributed by atoms with Crippen LogP contribution < -0.4 is 5.32 Å². The molecule has 0 bridgehead atoms. The lowest BCUT2D eigenvalue weighted by atomic mass is 9.89. The Morgan fingerprint density at radius 2 is 1.85 bits per heavy atom. The minimum Gasteiger partial charge on any atom is -0.315 e. The van der Waals surface area contributed by atoms with Crippen LogP contribution in [0.25, 0.3) is 10.9 Å². The lowest BCUT2D eigenvalue weighted by Gasteiger charge is -2.40. The number of aromatic nitrogens is 1. The molecule has 0 amide bonds. The summed E-state index contributed by atoms with van der Waals surface area (Å²) < 4.78 is 0. The summed E-state index contributed by atoms with van der Waals surface area (Å²) in [4.78, 5) is 7.04. The third-order valence-electron chi connectivity index (χ3n) is 4.42. The fourth-order valence-corrected chi connectivity index (χ4v) is 2.45. The van der Waals surface area contributed by atoms with Crippen molar-refractivity contribution in [2.45, 2.75) is 31.8 Å². The van der Waals surface area contributed by atoms with E-state index in [0.29, 0.717) is 6.04 Å². The molecule has 0 aliphatic heterocycles. The highest BCUT2D eigenvalue weighted by Crippen LogP contribution is 2.20. The zero-order valence-corrected chi connectivity index (χ0v) is 13.1. The first-order valence-electron chi connectivity index (χ1n) is 7.14. The Kier molecular flexibility index (Phi) is 4.41. The second kappa shape index (κ2) is 5.90. The monoisotopic (exact) mass is 271 g/mol. The number of nitrogens with zero attached hydrogens (tertiary/aromatic N) is 2. The number of pyridine rings is 1. The van der Waals surface area contributed by atoms with Crippen molar-refractivity contribution in [3.05, 3.63) is 42.1 Å². The molecular formula is C17H25N3. The van der Waals surface area contributed by atoms with Crippen molar-refractivity contribution < 1.29 is 0 Å². The number of nitrogens with one attached hydrogen (secondary N) is 1. The van der Waals surface area contributed by atoms with Gasteiger partial charge in [0, 0.05) is 29.1 Å². The molecule has 1 N–H and O–H groups in total. The molecule has 0 aliphatic rings. The third-order valence-corrected chi connectivity index (χ3v) is 4.42. The summed E-state index contributed by atoms with van der Waals surface area (Å²) in [6.45, 7) is 4.52. The molecule has 0 radical (unpaired) electrons. The average Bonchev–Trinajstić information content (AvgIpc) is 2.44. The molecule has 1 heterocycles. The number of para-hydroxylation sites is 1. The number of hydrogen-bond acceptors (Lipinski definition) is 3. The van der Waals surface area contributed by atoms with Crippen LogP contribution in [0, 0.1) is 0 Å². The van der Waals surface area contributed by atoms with Gasteiger partial charge in [0.25, 0.3) is 0 Å². The van der Waals surface area contributed by atoms with Gasteiger partial charge >= 0.3 is 0 Å². The van der Waals surface area contributed by atoms with Gasteiger partial charge in [-0.05, 0) is 47.1 Å². The molecule has 2 rings (SSSR count). The number of likely N-dealkylation sites (N-methyl/N-ethyl adjacent to an activating group) is 2. The predicted octanol–water partition coefficient (Wildman–Crippen LogP) is 2.71. The molecule has 3 nitrogen and oxygen atoms in total. The minimum absolute atomic E-state index is 0.0715. The molecule has 0 aliphatic carbocycles. The summed E-state index contributed by atoms with van der Waals surface area (Å²) >= 11 is 0. The lowest BCUT2D eigenvalue weighted by molar-refractivity contribution is 0.141. The van der Waals surface area contributed by atoms with Gasteiger partial charge in [-0.15, -0.1) is 0 Å². The fourth-order valence-electron chi connectivity index (χ4n) is 2.45. The molecular weight excluding hydrogens is 246 g/mol. The van der Waals surface area contributed by atoms with Crippen LogP contribution in [0.15, 0.2) is 36.4 Å². The fraction of sp³-hybridized carbons (Fsp3) is 0.471. The van der Waals surface area contributed by atoms with E-state index in [1.165, 1.54) is 5.39 Å². The van der Waals surface area contributed by atoms with Crippen LogP contribution in [0.5, 0.6) is 0 Å². The Bertz CT molecular complexity index is 575. The Labute approximate surface area is 122 Å². The van der Waals surface area contributed by atoms with Crippen LogP contribution in [-0.2, 0) is 6.42 Å². The molecule has 1 aromatic carbocycles. The van der Waals surface area contributed by atoms with Crippen molar-refractivity contribution in [2.24, 2.45) is 0 Å². The van der Waals surface area contributed by atoms with E-state index in [1.807, 2.05) is 13.1 Å². The van der Waals surface area contributed by atoms with E-state index in [2.05, 4.69) is 68.5 Å². The first kappa shape index (κ1) is 14.9. The second-order valence-corrected chi connectivity index (χ2v) is 6.09. The van der Waals surface area contributed by atoms with Crippen molar-refractivity contribution in [1.29, 1.82) is 0 Å². The van der Waals surface area contributed by atoms with E-state index < -0.39 is 0 Å². The third kappa shape index (κ3) is 3.00. The van der Waals surface area contributed by atoms with Gasteiger partial charge in [-0.3, -0.25) is 4.98 Å². The number of benzene rings is 1. The van der Waals surface area contributed by atoms with Crippen molar-refractivity contribution in [3.63, 3.8) is 0 Å². The normalized spacial score (nSPS) is 13.9. The maximum Gasteiger partial charge on any atom is 0.0705 e. The van der Waals surface area contributed by atoms with Gasteiger partial charge in [-0.25, -0.2) is 0 Å². The zero-order valence-electron chi connectivity index (χ0n) is 13.1. The molecule has 1 aromatic heterocycles. The number of hydrogen-bond donors (Lipinski definition) is 1. The summed E-state index contributed by atoms with van der Waals surface area (Å²) in [7, 11) is 6.27. The highest BCUT2D eigenvalue weighted by Gasteiger charge is 2.30. The van der Waals surface area contributed by atoms with E-state index >= 15 is 0 Å². The van der Waals surface area contributed by atoms with Crippen LogP contribution in [0.4, 0.5) is 0 Å². The summed E-state index contributed by atoms with van der Waals surface area (Å²) in [6.07, 6.45) is 0.923. The topological polar surface area (TPSA) is 28.2 Å². The number of fused-ring (bicyclic) bond motifs is 1. The molecule has 0 spiro atoms.